The fourth-order valence-corrected chi connectivity index (χ4v) is 4.59. The Morgan fingerprint density at radius 1 is 1.00 bits per heavy atom. The van der Waals surface area contributed by atoms with Crippen LogP contribution in [-0.2, 0) is 23.8 Å². The first-order chi connectivity index (χ1) is 20.9. The van der Waals surface area contributed by atoms with E-state index in [9.17, 15) is 19.2 Å². The van der Waals surface area contributed by atoms with Gasteiger partial charge in [0, 0.05) is 57.4 Å². The standard InChI is InChI=1S/C31H44N6O7/c1-7-43-30(41)37-17-15-36(16-18-37)29(40)23(13-14-26(38)44-31(3,4)5)34-28(39)24-19-25(32-21(2)20-42-6)35-27(33-24)22-11-9-8-10-12-22/h8-12,19,21,23H,7,13-18,20H2,1-6H3,(H,34,39)(H,32,33,35)/t21-,23?/m0/s1. The number of anilines is 1. The van der Waals surface area contributed by atoms with E-state index >= 15 is 0 Å². The number of rotatable bonds is 12. The molecule has 0 saturated carbocycles. The number of hydrogen-bond donors (Lipinski definition) is 2. The van der Waals surface area contributed by atoms with Crippen LogP contribution in [0.2, 0.25) is 0 Å². The van der Waals surface area contributed by atoms with Crippen molar-refractivity contribution in [1.82, 2.24) is 25.1 Å². The molecule has 2 N–H and O–H groups in total. The molecule has 2 atom stereocenters. The lowest BCUT2D eigenvalue weighted by Crippen LogP contribution is -2.56. The van der Waals surface area contributed by atoms with Crippen molar-refractivity contribution in [2.24, 2.45) is 0 Å². The summed E-state index contributed by atoms with van der Waals surface area (Å²) in [6, 6.07) is 9.60. The maximum absolute atomic E-state index is 13.7. The van der Waals surface area contributed by atoms with Crippen molar-refractivity contribution in [3.8, 4) is 11.4 Å². The fourth-order valence-electron chi connectivity index (χ4n) is 4.59. The SMILES string of the molecule is CCOC(=O)N1CCN(C(=O)C(CCC(=O)OC(C)(C)C)NC(=O)c2cc(N[C@@H](C)COC)nc(-c3ccccc3)n2)CC1. The van der Waals surface area contributed by atoms with Crippen LogP contribution in [0.25, 0.3) is 11.4 Å². The molecule has 2 aromatic rings. The second kappa shape index (κ2) is 16.0. The highest BCUT2D eigenvalue weighted by Gasteiger charge is 2.32. The summed E-state index contributed by atoms with van der Waals surface area (Å²) in [7, 11) is 1.59. The lowest BCUT2D eigenvalue weighted by Gasteiger charge is -2.36. The number of methoxy groups -OCH3 is 1. The maximum atomic E-state index is 13.7. The molecule has 240 valence electrons. The summed E-state index contributed by atoms with van der Waals surface area (Å²) < 4.78 is 15.7. The Morgan fingerprint density at radius 2 is 1.66 bits per heavy atom. The molecule has 13 heteroatoms. The van der Waals surface area contributed by atoms with Crippen LogP contribution in [-0.4, -0.2) is 108 Å². The largest absolute Gasteiger partial charge is 0.460 e. The van der Waals surface area contributed by atoms with E-state index in [0.717, 1.165) is 0 Å². The molecule has 13 nitrogen and oxygen atoms in total. The van der Waals surface area contributed by atoms with Gasteiger partial charge in [0.15, 0.2) is 5.82 Å². The van der Waals surface area contributed by atoms with Crippen molar-refractivity contribution in [2.45, 2.75) is 65.1 Å². The number of carbonyl (C=O) groups is 4. The van der Waals surface area contributed by atoms with E-state index in [4.69, 9.17) is 14.2 Å². The topological polar surface area (TPSA) is 152 Å². The zero-order chi connectivity index (χ0) is 32.3. The van der Waals surface area contributed by atoms with Crippen molar-refractivity contribution in [3.05, 3.63) is 42.1 Å². The van der Waals surface area contributed by atoms with Gasteiger partial charge in [0.2, 0.25) is 5.91 Å². The Morgan fingerprint density at radius 3 is 2.27 bits per heavy atom. The number of benzene rings is 1. The second-order valence-electron chi connectivity index (χ2n) is 11.5. The van der Waals surface area contributed by atoms with Crippen LogP contribution in [0.1, 0.15) is 57.9 Å². The summed E-state index contributed by atoms with van der Waals surface area (Å²) in [6.45, 7) is 10.7. The van der Waals surface area contributed by atoms with Crippen molar-refractivity contribution in [3.63, 3.8) is 0 Å². The molecule has 3 amide bonds. The Hall–Kier alpha value is -4.26. The van der Waals surface area contributed by atoms with E-state index in [1.54, 1.807) is 39.7 Å². The lowest BCUT2D eigenvalue weighted by molar-refractivity contribution is -0.155. The normalized spacial score (nSPS) is 14.8. The van der Waals surface area contributed by atoms with Crippen molar-refractivity contribution in [1.29, 1.82) is 0 Å². The molecule has 1 unspecified atom stereocenters. The molecule has 1 aliphatic heterocycles. The Bertz CT molecular complexity index is 1280. The number of nitrogens with one attached hydrogen (secondary N) is 2. The van der Waals surface area contributed by atoms with Crippen molar-refractivity contribution < 1.29 is 33.4 Å². The highest BCUT2D eigenvalue weighted by atomic mass is 16.6. The van der Waals surface area contributed by atoms with E-state index in [2.05, 4.69) is 20.6 Å². The highest BCUT2D eigenvalue weighted by molar-refractivity contribution is 5.97. The molecule has 3 rings (SSSR count). The fraction of sp³-hybridized carbons (Fsp3) is 0.548. The zero-order valence-electron chi connectivity index (χ0n) is 26.4. The number of nitrogens with zero attached hydrogens (tertiary/aromatic N) is 4. The minimum absolute atomic E-state index is 0.0180. The molecule has 1 aliphatic rings. The van der Waals surface area contributed by atoms with Gasteiger partial charge in [0.1, 0.15) is 23.2 Å². The third-order valence-corrected chi connectivity index (χ3v) is 6.58. The molecular weight excluding hydrogens is 568 g/mol. The van der Waals surface area contributed by atoms with Crippen LogP contribution < -0.4 is 10.6 Å². The average molecular weight is 613 g/mol. The average Bonchev–Trinajstić information content (AvgIpc) is 2.98. The van der Waals surface area contributed by atoms with Gasteiger partial charge in [-0.25, -0.2) is 14.8 Å². The quantitative estimate of drug-likeness (QED) is 0.342. The summed E-state index contributed by atoms with van der Waals surface area (Å²) in [5.41, 5.74) is 0.0660. The van der Waals surface area contributed by atoms with E-state index in [-0.39, 0.29) is 50.2 Å². The Labute approximate surface area is 258 Å². The number of ether oxygens (including phenoxy) is 3. The third-order valence-electron chi connectivity index (χ3n) is 6.58. The molecule has 44 heavy (non-hydrogen) atoms. The van der Waals surface area contributed by atoms with E-state index in [1.165, 1.54) is 11.0 Å². The first-order valence-electron chi connectivity index (χ1n) is 14.8. The Balaban J connectivity index is 1.84. The van der Waals surface area contributed by atoms with Gasteiger partial charge < -0.3 is 34.6 Å². The molecule has 1 saturated heterocycles. The molecule has 1 aromatic carbocycles. The molecule has 1 aromatic heterocycles. The van der Waals surface area contributed by atoms with E-state index in [1.807, 2.05) is 37.3 Å². The monoisotopic (exact) mass is 612 g/mol. The van der Waals surface area contributed by atoms with Crippen molar-refractivity contribution in [2.75, 3.05) is 51.8 Å². The molecular formula is C31H44N6O7. The van der Waals surface area contributed by atoms with Gasteiger partial charge in [0.25, 0.3) is 5.91 Å². The van der Waals surface area contributed by atoms with Crippen LogP contribution in [0.15, 0.2) is 36.4 Å². The predicted molar refractivity (Wildman–Crippen MR) is 164 cm³/mol. The summed E-state index contributed by atoms with van der Waals surface area (Å²) in [5.74, 6) is -0.699. The van der Waals surface area contributed by atoms with Crippen LogP contribution >= 0.6 is 0 Å². The maximum Gasteiger partial charge on any atom is 0.409 e. The minimum Gasteiger partial charge on any atom is -0.460 e. The van der Waals surface area contributed by atoms with Gasteiger partial charge in [0.05, 0.1) is 13.2 Å². The van der Waals surface area contributed by atoms with Crippen LogP contribution in [0, 0.1) is 0 Å². The van der Waals surface area contributed by atoms with Gasteiger partial charge in [-0.1, -0.05) is 30.3 Å². The number of amides is 3. The first kappa shape index (κ1) is 34.2. The third kappa shape index (κ3) is 10.5. The van der Waals surface area contributed by atoms with Crippen LogP contribution in [0.5, 0.6) is 0 Å². The molecule has 0 radical (unpaired) electrons. The van der Waals surface area contributed by atoms with Crippen molar-refractivity contribution >= 4 is 29.7 Å². The zero-order valence-corrected chi connectivity index (χ0v) is 26.4. The van der Waals surface area contributed by atoms with Gasteiger partial charge in [-0.2, -0.15) is 0 Å². The van der Waals surface area contributed by atoms with E-state index in [0.29, 0.717) is 36.9 Å². The molecule has 0 aliphatic carbocycles. The number of piperazine rings is 1. The highest BCUT2D eigenvalue weighted by Crippen LogP contribution is 2.19. The summed E-state index contributed by atoms with van der Waals surface area (Å²) in [4.78, 5) is 64.2. The predicted octanol–water partition coefficient (Wildman–Crippen LogP) is 3.11. The van der Waals surface area contributed by atoms with Gasteiger partial charge >= 0.3 is 12.1 Å². The molecule has 0 bridgehead atoms. The number of esters is 1. The Kier molecular flexibility index (Phi) is 12.4. The van der Waals surface area contributed by atoms with Gasteiger partial charge in [-0.15, -0.1) is 0 Å². The second-order valence-corrected chi connectivity index (χ2v) is 11.5. The number of hydrogen-bond acceptors (Lipinski definition) is 10. The minimum atomic E-state index is -1.04. The number of aromatic nitrogens is 2. The molecule has 1 fully saturated rings. The summed E-state index contributed by atoms with van der Waals surface area (Å²) in [5, 5.41) is 6.03. The molecule has 0 spiro atoms. The van der Waals surface area contributed by atoms with Gasteiger partial charge in [-0.3, -0.25) is 14.4 Å². The summed E-state index contributed by atoms with van der Waals surface area (Å²) >= 11 is 0. The van der Waals surface area contributed by atoms with Crippen LogP contribution in [0.3, 0.4) is 0 Å². The smallest absolute Gasteiger partial charge is 0.409 e. The first-order valence-corrected chi connectivity index (χ1v) is 14.8. The van der Waals surface area contributed by atoms with Gasteiger partial charge in [-0.05, 0) is 41.0 Å². The number of carbonyl (C=O) groups excluding carboxylic acids is 4. The summed E-state index contributed by atoms with van der Waals surface area (Å²) in [6.07, 6.45) is -0.502. The molecule has 2 heterocycles. The van der Waals surface area contributed by atoms with E-state index < -0.39 is 29.6 Å². The lowest BCUT2D eigenvalue weighted by atomic mass is 10.1. The van der Waals surface area contributed by atoms with Crippen LogP contribution in [0.4, 0.5) is 10.6 Å².